The Kier molecular flexibility index (Phi) is 4.50. The van der Waals surface area contributed by atoms with Gasteiger partial charge in [-0.05, 0) is 37.1 Å². The van der Waals surface area contributed by atoms with Gasteiger partial charge in [-0.1, -0.05) is 12.1 Å². The minimum absolute atomic E-state index is 0.000172. The number of rotatable bonds is 4. The zero-order valence-corrected chi connectivity index (χ0v) is 17.4. The van der Waals surface area contributed by atoms with E-state index in [-0.39, 0.29) is 17.3 Å². The van der Waals surface area contributed by atoms with Crippen molar-refractivity contribution in [2.75, 3.05) is 18.9 Å². The lowest BCUT2D eigenvalue weighted by Crippen LogP contribution is -2.31. The fourth-order valence-corrected chi connectivity index (χ4v) is 4.16. The van der Waals surface area contributed by atoms with Crippen LogP contribution < -0.4 is 10.5 Å². The first-order valence-electron chi connectivity index (χ1n) is 10.2. The largest absolute Gasteiger partial charge is 0.493 e. The number of nitrogen functional groups attached to an aromatic ring is 1. The highest BCUT2D eigenvalue weighted by molar-refractivity contribution is 5.98. The SMILES string of the molecule is CCN(Cc1ccc2c(c1)CCO2)C(=O)c1cc2c(cc1F)nc(N)c1cnc(C)n12. The normalized spacial score (nSPS) is 12.9. The van der Waals surface area contributed by atoms with Crippen molar-refractivity contribution in [2.24, 2.45) is 0 Å². The number of aromatic nitrogens is 3. The van der Waals surface area contributed by atoms with Gasteiger partial charge in [-0.2, -0.15) is 0 Å². The standard InChI is InChI=1S/C23H22FN5O2/c1-3-28(12-14-4-5-21-15(8-14)6-7-31-21)23(30)16-9-19-18(10-17(16)24)27-22(25)20-11-26-13(2)29(19)20/h4-5,8-11H,3,6-7,12H2,1-2H3,(H2,25,27). The van der Waals surface area contributed by atoms with E-state index in [0.29, 0.717) is 42.1 Å². The molecule has 7 nitrogen and oxygen atoms in total. The van der Waals surface area contributed by atoms with Crippen molar-refractivity contribution < 1.29 is 13.9 Å². The summed E-state index contributed by atoms with van der Waals surface area (Å²) in [6, 6.07) is 8.74. The number of carbonyl (C=O) groups excluding carboxylic acids is 1. The molecule has 0 bridgehead atoms. The average Bonchev–Trinajstić information content (AvgIpc) is 3.38. The van der Waals surface area contributed by atoms with E-state index in [1.807, 2.05) is 26.0 Å². The molecule has 3 heterocycles. The highest BCUT2D eigenvalue weighted by atomic mass is 19.1. The van der Waals surface area contributed by atoms with E-state index in [1.165, 1.54) is 6.07 Å². The van der Waals surface area contributed by atoms with Gasteiger partial charge in [-0.25, -0.2) is 14.4 Å². The molecule has 5 rings (SSSR count). The van der Waals surface area contributed by atoms with E-state index in [4.69, 9.17) is 10.5 Å². The van der Waals surface area contributed by atoms with Crippen LogP contribution in [0, 0.1) is 12.7 Å². The Hall–Kier alpha value is -3.68. The molecule has 8 heteroatoms. The lowest BCUT2D eigenvalue weighted by Gasteiger charge is -2.22. The van der Waals surface area contributed by atoms with Crippen LogP contribution in [0.15, 0.2) is 36.5 Å². The quantitative estimate of drug-likeness (QED) is 0.547. The predicted molar refractivity (Wildman–Crippen MR) is 116 cm³/mol. The fourth-order valence-electron chi connectivity index (χ4n) is 4.16. The summed E-state index contributed by atoms with van der Waals surface area (Å²) in [5, 5.41) is 0. The third-order valence-corrected chi connectivity index (χ3v) is 5.77. The highest BCUT2D eigenvalue weighted by Gasteiger charge is 2.22. The molecule has 0 spiro atoms. The second-order valence-electron chi connectivity index (χ2n) is 7.70. The van der Waals surface area contributed by atoms with Crippen molar-refractivity contribution in [3.63, 3.8) is 0 Å². The van der Waals surface area contributed by atoms with E-state index >= 15 is 0 Å². The molecule has 0 atom stereocenters. The number of hydrogen-bond acceptors (Lipinski definition) is 5. The van der Waals surface area contributed by atoms with E-state index in [2.05, 4.69) is 16.0 Å². The molecule has 4 aromatic rings. The average molecular weight is 419 g/mol. The molecule has 0 radical (unpaired) electrons. The molecule has 1 amide bonds. The van der Waals surface area contributed by atoms with Gasteiger partial charge in [-0.15, -0.1) is 0 Å². The summed E-state index contributed by atoms with van der Waals surface area (Å²) in [6.45, 7) is 5.22. The first-order chi connectivity index (χ1) is 15.0. The number of fused-ring (bicyclic) bond motifs is 4. The lowest BCUT2D eigenvalue weighted by molar-refractivity contribution is 0.0748. The Morgan fingerprint density at radius 3 is 2.94 bits per heavy atom. The van der Waals surface area contributed by atoms with E-state index in [1.54, 1.807) is 21.6 Å². The van der Waals surface area contributed by atoms with Crippen LogP contribution in [0.1, 0.15) is 34.2 Å². The van der Waals surface area contributed by atoms with Crippen molar-refractivity contribution in [2.45, 2.75) is 26.8 Å². The number of benzene rings is 2. The Morgan fingerprint density at radius 2 is 2.13 bits per heavy atom. The van der Waals surface area contributed by atoms with Crippen LogP contribution >= 0.6 is 0 Å². The molecule has 1 aliphatic rings. The number of imidazole rings is 1. The van der Waals surface area contributed by atoms with Crippen LogP contribution in [0.25, 0.3) is 16.6 Å². The first-order valence-corrected chi connectivity index (χ1v) is 10.2. The summed E-state index contributed by atoms with van der Waals surface area (Å²) in [4.78, 5) is 23.5. The van der Waals surface area contributed by atoms with Crippen molar-refractivity contribution >= 4 is 28.3 Å². The molecular formula is C23H22FN5O2. The number of nitrogens with zero attached hydrogens (tertiary/aromatic N) is 4. The van der Waals surface area contributed by atoms with Crippen LogP contribution in [0.5, 0.6) is 5.75 Å². The molecular weight excluding hydrogens is 397 g/mol. The number of anilines is 1. The van der Waals surface area contributed by atoms with Gasteiger partial charge < -0.3 is 15.4 Å². The van der Waals surface area contributed by atoms with Crippen molar-refractivity contribution in [1.29, 1.82) is 0 Å². The van der Waals surface area contributed by atoms with E-state index in [9.17, 15) is 9.18 Å². The predicted octanol–water partition coefficient (Wildman–Crippen LogP) is 3.51. The van der Waals surface area contributed by atoms with Gasteiger partial charge in [0.1, 0.15) is 28.7 Å². The smallest absolute Gasteiger partial charge is 0.257 e. The number of halogens is 1. The minimum Gasteiger partial charge on any atom is -0.493 e. The van der Waals surface area contributed by atoms with Gasteiger partial charge in [0.2, 0.25) is 0 Å². The summed E-state index contributed by atoms with van der Waals surface area (Å²) in [5.41, 5.74) is 9.72. The highest BCUT2D eigenvalue weighted by Crippen LogP contribution is 2.28. The number of nitrogens with two attached hydrogens (primary N) is 1. The summed E-state index contributed by atoms with van der Waals surface area (Å²) in [7, 11) is 0. The fraction of sp³-hybridized carbons (Fsp3) is 0.261. The van der Waals surface area contributed by atoms with E-state index < -0.39 is 5.82 Å². The molecule has 0 saturated carbocycles. The van der Waals surface area contributed by atoms with Gasteiger partial charge in [0.25, 0.3) is 5.91 Å². The molecule has 31 heavy (non-hydrogen) atoms. The van der Waals surface area contributed by atoms with Crippen LogP contribution in [0.2, 0.25) is 0 Å². The minimum atomic E-state index is -0.623. The van der Waals surface area contributed by atoms with Crippen molar-refractivity contribution in [3.8, 4) is 5.75 Å². The summed E-state index contributed by atoms with van der Waals surface area (Å²) >= 11 is 0. The number of carbonyl (C=O) groups is 1. The Morgan fingerprint density at radius 1 is 1.29 bits per heavy atom. The third kappa shape index (κ3) is 3.15. The molecule has 2 N–H and O–H groups in total. The summed E-state index contributed by atoms with van der Waals surface area (Å²) in [5.74, 6) is 0.850. The van der Waals surface area contributed by atoms with Gasteiger partial charge in [0, 0.05) is 25.6 Å². The molecule has 1 aliphatic heterocycles. The van der Waals surface area contributed by atoms with Gasteiger partial charge in [0.05, 0.1) is 29.4 Å². The molecule has 0 unspecified atom stereocenters. The zero-order valence-electron chi connectivity index (χ0n) is 17.4. The van der Waals surface area contributed by atoms with Gasteiger partial charge >= 0.3 is 0 Å². The Labute approximate surface area is 178 Å². The molecule has 2 aromatic carbocycles. The van der Waals surface area contributed by atoms with E-state index in [0.717, 1.165) is 23.3 Å². The maximum atomic E-state index is 15.0. The van der Waals surface area contributed by atoms with Crippen LogP contribution in [-0.2, 0) is 13.0 Å². The number of aryl methyl sites for hydroxylation is 1. The zero-order chi connectivity index (χ0) is 21.7. The first kappa shape index (κ1) is 19.3. The third-order valence-electron chi connectivity index (χ3n) is 5.77. The van der Waals surface area contributed by atoms with Crippen LogP contribution in [-0.4, -0.2) is 38.3 Å². The molecule has 0 fully saturated rings. The molecule has 0 saturated heterocycles. The lowest BCUT2D eigenvalue weighted by atomic mass is 10.1. The monoisotopic (exact) mass is 419 g/mol. The second kappa shape index (κ2) is 7.23. The van der Waals surface area contributed by atoms with Crippen molar-refractivity contribution in [1.82, 2.24) is 19.3 Å². The molecule has 0 aliphatic carbocycles. The molecule has 2 aromatic heterocycles. The van der Waals surface area contributed by atoms with Gasteiger partial charge in [0.15, 0.2) is 0 Å². The van der Waals surface area contributed by atoms with Crippen molar-refractivity contribution in [3.05, 3.63) is 64.9 Å². The Bertz CT molecular complexity index is 1350. The number of amides is 1. The second-order valence-corrected chi connectivity index (χ2v) is 7.70. The molecule has 158 valence electrons. The van der Waals surface area contributed by atoms with Crippen LogP contribution in [0.3, 0.4) is 0 Å². The number of ether oxygens (including phenoxy) is 1. The topological polar surface area (TPSA) is 85.8 Å². The maximum Gasteiger partial charge on any atom is 0.257 e. The number of hydrogen-bond donors (Lipinski definition) is 1. The summed E-state index contributed by atoms with van der Waals surface area (Å²) in [6.07, 6.45) is 2.48. The summed E-state index contributed by atoms with van der Waals surface area (Å²) < 4.78 is 22.3. The Balaban J connectivity index is 1.54. The maximum absolute atomic E-state index is 15.0. The van der Waals surface area contributed by atoms with Gasteiger partial charge in [-0.3, -0.25) is 9.20 Å². The van der Waals surface area contributed by atoms with Crippen LogP contribution in [0.4, 0.5) is 10.2 Å².